The van der Waals surface area contributed by atoms with Gasteiger partial charge in [-0.2, -0.15) is 8.42 Å². The highest BCUT2D eigenvalue weighted by Crippen LogP contribution is 2.28. The maximum absolute atomic E-state index is 11.7. The van der Waals surface area contributed by atoms with Gasteiger partial charge in [0.25, 0.3) is 0 Å². The topological polar surface area (TPSA) is 169 Å². The first-order valence-corrected chi connectivity index (χ1v) is 8.66. The van der Waals surface area contributed by atoms with Crippen LogP contribution in [0, 0.1) is 0 Å². The molecular formula is C14H18O11S. The highest BCUT2D eigenvalue weighted by Gasteiger charge is 2.48. The number of aliphatic hydroxyl groups excluding tert-OH is 3. The molecule has 1 fully saturated rings. The second-order valence-electron chi connectivity index (χ2n) is 5.30. The van der Waals surface area contributed by atoms with Gasteiger partial charge in [-0.1, -0.05) is 12.1 Å². The van der Waals surface area contributed by atoms with Gasteiger partial charge in [0.15, 0.2) is 0 Å². The van der Waals surface area contributed by atoms with Crippen LogP contribution in [0.25, 0.3) is 0 Å². The summed E-state index contributed by atoms with van der Waals surface area (Å²) in [6.07, 6.45) is -8.52. The number of hydrogen-bond acceptors (Lipinski definition) is 10. The maximum atomic E-state index is 11.7. The van der Waals surface area contributed by atoms with Crippen LogP contribution in [0.2, 0.25) is 0 Å². The highest BCUT2D eigenvalue weighted by molar-refractivity contribution is 7.80. The van der Waals surface area contributed by atoms with Gasteiger partial charge in [0.05, 0.1) is 13.7 Å². The van der Waals surface area contributed by atoms with Crippen LogP contribution in [-0.4, -0.2) is 78.7 Å². The van der Waals surface area contributed by atoms with E-state index in [4.69, 9.17) is 14.0 Å². The predicted molar refractivity (Wildman–Crippen MR) is 82.6 cm³/mol. The number of hydrogen-bond donors (Lipinski definition) is 4. The maximum Gasteiger partial charge on any atom is 0.397 e. The molecule has 5 unspecified atom stereocenters. The molecule has 146 valence electrons. The zero-order valence-electron chi connectivity index (χ0n) is 13.5. The Morgan fingerprint density at radius 2 is 1.88 bits per heavy atom. The minimum Gasteiger partial charge on any atom is -0.465 e. The average molecular weight is 394 g/mol. The van der Waals surface area contributed by atoms with E-state index in [1.807, 2.05) is 0 Å². The van der Waals surface area contributed by atoms with E-state index in [-0.39, 0.29) is 11.3 Å². The molecule has 0 amide bonds. The Bertz CT molecular complexity index is 732. The van der Waals surface area contributed by atoms with Crippen LogP contribution in [0.3, 0.4) is 0 Å². The van der Waals surface area contributed by atoms with E-state index in [2.05, 4.69) is 8.92 Å². The molecule has 2 rings (SSSR count). The summed E-state index contributed by atoms with van der Waals surface area (Å²) < 4.78 is 49.9. The molecule has 0 aromatic heterocycles. The molecule has 1 aromatic rings. The van der Waals surface area contributed by atoms with Crippen molar-refractivity contribution < 1.29 is 51.5 Å². The van der Waals surface area contributed by atoms with Crippen LogP contribution < -0.4 is 4.74 Å². The third kappa shape index (κ3) is 4.67. The summed E-state index contributed by atoms with van der Waals surface area (Å²) in [7, 11) is -3.82. The molecule has 11 nitrogen and oxygen atoms in total. The lowest BCUT2D eigenvalue weighted by molar-refractivity contribution is -0.272. The fraction of sp³-hybridized carbons (Fsp3) is 0.500. The van der Waals surface area contributed by atoms with Crippen molar-refractivity contribution in [3.05, 3.63) is 29.8 Å². The second kappa shape index (κ2) is 8.26. The van der Waals surface area contributed by atoms with E-state index < -0.39 is 53.7 Å². The number of ether oxygens (including phenoxy) is 3. The summed E-state index contributed by atoms with van der Waals surface area (Å²) >= 11 is 0. The normalized spacial score (nSPS) is 29.2. The molecule has 0 saturated carbocycles. The van der Waals surface area contributed by atoms with Gasteiger partial charge in [0.1, 0.15) is 35.7 Å². The van der Waals surface area contributed by atoms with E-state index in [0.29, 0.717) is 0 Å². The fourth-order valence-corrected chi connectivity index (χ4v) is 2.90. The molecule has 0 spiro atoms. The van der Waals surface area contributed by atoms with Crippen LogP contribution in [0.1, 0.15) is 10.4 Å². The van der Waals surface area contributed by atoms with Crippen molar-refractivity contribution in [2.45, 2.75) is 30.7 Å². The molecular weight excluding hydrogens is 376 g/mol. The largest absolute Gasteiger partial charge is 0.465 e. The lowest BCUT2D eigenvalue weighted by Crippen LogP contribution is -2.61. The standard InChI is InChI=1S/C14H18O11S/c1-22-13(18)7-4-2-3-5-8(7)23-14-11(17)10(16)12(9(6-15)24-14)25-26(19,20)21/h2-5,9-12,14-17H,6H2,1H3,(H,19,20,21). The second-order valence-corrected chi connectivity index (χ2v) is 6.35. The molecule has 12 heteroatoms. The van der Waals surface area contributed by atoms with Gasteiger partial charge in [-0.3, -0.25) is 4.55 Å². The van der Waals surface area contributed by atoms with E-state index in [0.717, 1.165) is 7.11 Å². The smallest absolute Gasteiger partial charge is 0.397 e. The van der Waals surface area contributed by atoms with Crippen LogP contribution >= 0.6 is 0 Å². The molecule has 4 N–H and O–H groups in total. The SMILES string of the molecule is COC(=O)c1ccccc1OC1OC(CO)C(OS(=O)(=O)O)C(O)C1O. The van der Waals surface area contributed by atoms with Gasteiger partial charge in [-0.05, 0) is 12.1 Å². The van der Waals surface area contributed by atoms with Crippen molar-refractivity contribution in [1.82, 2.24) is 0 Å². The number of carbonyl (C=O) groups is 1. The van der Waals surface area contributed by atoms with Crippen molar-refractivity contribution in [3.63, 3.8) is 0 Å². The zero-order valence-corrected chi connectivity index (χ0v) is 14.3. The first-order valence-electron chi connectivity index (χ1n) is 7.30. The lowest BCUT2D eigenvalue weighted by atomic mass is 9.99. The monoisotopic (exact) mass is 394 g/mol. The summed E-state index contributed by atoms with van der Waals surface area (Å²) in [4.78, 5) is 11.7. The summed E-state index contributed by atoms with van der Waals surface area (Å²) in [6.45, 7) is -0.817. The molecule has 1 aliphatic heterocycles. The van der Waals surface area contributed by atoms with Gasteiger partial charge < -0.3 is 29.5 Å². The minimum absolute atomic E-state index is 0.0112. The number of esters is 1. The Morgan fingerprint density at radius 3 is 2.46 bits per heavy atom. The zero-order chi connectivity index (χ0) is 19.5. The minimum atomic E-state index is -4.99. The Balaban J connectivity index is 2.24. The Morgan fingerprint density at radius 1 is 1.23 bits per heavy atom. The Labute approximate surface area is 148 Å². The van der Waals surface area contributed by atoms with Gasteiger partial charge in [0.2, 0.25) is 6.29 Å². The lowest BCUT2D eigenvalue weighted by Gasteiger charge is -2.40. The summed E-state index contributed by atoms with van der Waals surface area (Å²) in [6, 6.07) is 5.84. The van der Waals surface area contributed by atoms with Crippen molar-refractivity contribution >= 4 is 16.4 Å². The number of rotatable bonds is 6. The summed E-state index contributed by atoms with van der Waals surface area (Å²) in [5, 5.41) is 29.5. The van der Waals surface area contributed by atoms with Gasteiger partial charge in [0, 0.05) is 0 Å². The van der Waals surface area contributed by atoms with Crippen LogP contribution in [0.5, 0.6) is 5.75 Å². The predicted octanol–water partition coefficient (Wildman–Crippen LogP) is -1.52. The van der Waals surface area contributed by atoms with Crippen molar-refractivity contribution in [1.29, 1.82) is 0 Å². The highest BCUT2D eigenvalue weighted by atomic mass is 32.3. The van der Waals surface area contributed by atoms with Crippen molar-refractivity contribution in [2.75, 3.05) is 13.7 Å². The Hall–Kier alpha value is -1.80. The van der Waals surface area contributed by atoms with Crippen LogP contribution in [0.15, 0.2) is 24.3 Å². The quantitative estimate of drug-likeness (QED) is 0.326. The molecule has 0 aliphatic carbocycles. The van der Waals surface area contributed by atoms with E-state index in [9.17, 15) is 28.5 Å². The molecule has 1 aromatic carbocycles. The van der Waals surface area contributed by atoms with E-state index >= 15 is 0 Å². The van der Waals surface area contributed by atoms with Crippen LogP contribution in [-0.2, 0) is 24.1 Å². The van der Waals surface area contributed by atoms with Gasteiger partial charge in [-0.25, -0.2) is 8.98 Å². The number of methoxy groups -OCH3 is 1. The third-order valence-corrected chi connectivity index (χ3v) is 4.05. The van der Waals surface area contributed by atoms with Crippen LogP contribution in [0.4, 0.5) is 0 Å². The van der Waals surface area contributed by atoms with Crippen molar-refractivity contribution in [2.24, 2.45) is 0 Å². The average Bonchev–Trinajstić information content (AvgIpc) is 2.60. The molecule has 26 heavy (non-hydrogen) atoms. The number of aliphatic hydroxyl groups is 3. The number of carbonyl (C=O) groups excluding carboxylic acids is 1. The van der Waals surface area contributed by atoms with Crippen molar-refractivity contribution in [3.8, 4) is 5.75 Å². The molecule has 1 aliphatic rings. The van der Waals surface area contributed by atoms with Gasteiger partial charge >= 0.3 is 16.4 Å². The first-order chi connectivity index (χ1) is 12.2. The van der Waals surface area contributed by atoms with E-state index in [1.165, 1.54) is 18.2 Å². The molecule has 1 saturated heterocycles. The summed E-state index contributed by atoms with van der Waals surface area (Å²) in [5.74, 6) is -0.765. The van der Waals surface area contributed by atoms with Gasteiger partial charge in [-0.15, -0.1) is 0 Å². The summed E-state index contributed by atoms with van der Waals surface area (Å²) in [5.41, 5.74) is 0.0112. The number of para-hydroxylation sites is 1. The molecule has 5 atom stereocenters. The fourth-order valence-electron chi connectivity index (χ4n) is 2.38. The molecule has 0 bridgehead atoms. The molecule has 0 radical (unpaired) electrons. The Kier molecular flexibility index (Phi) is 6.52. The number of benzene rings is 1. The third-order valence-electron chi connectivity index (χ3n) is 3.59. The van der Waals surface area contributed by atoms with E-state index in [1.54, 1.807) is 6.07 Å². The molecule has 1 heterocycles. The first kappa shape index (κ1) is 20.5.